The number of piperazine rings is 1. The number of hydrogen-bond donors (Lipinski definition) is 2. The van der Waals surface area contributed by atoms with Crippen molar-refractivity contribution in [2.75, 3.05) is 64.3 Å². The molecule has 1 aliphatic heterocycles. The molecule has 2 aliphatic rings. The molecule has 1 aromatic carbocycles. The van der Waals surface area contributed by atoms with E-state index in [9.17, 15) is 14.7 Å². The van der Waals surface area contributed by atoms with Gasteiger partial charge in [0, 0.05) is 69.5 Å². The second-order valence-electron chi connectivity index (χ2n) is 11.2. The Kier molecular flexibility index (Phi) is 11.8. The second-order valence-corrected chi connectivity index (χ2v) is 11.6. The number of likely N-dealkylation sites (N-methyl/N-ethyl adjacent to an activating group) is 1. The van der Waals surface area contributed by atoms with E-state index in [1.165, 1.54) is 6.33 Å². The predicted molar refractivity (Wildman–Crippen MR) is 164 cm³/mol. The number of fused-ring (bicyclic) bond motifs is 1. The summed E-state index contributed by atoms with van der Waals surface area (Å²) in [5.41, 5.74) is 8.21. The lowest BCUT2D eigenvalue weighted by molar-refractivity contribution is -0.134. The molecule has 1 saturated heterocycles. The largest absolute Gasteiger partial charge is 0.387 e. The zero-order valence-corrected chi connectivity index (χ0v) is 25.9. The Bertz CT molecular complexity index is 1180. The van der Waals surface area contributed by atoms with Crippen LogP contribution in [0, 0.1) is 0 Å². The fraction of sp³-hybridized carbons (Fsp3) is 0.586. The molecule has 1 fully saturated rings. The molecule has 0 spiro atoms. The molecule has 2 amide bonds. The highest BCUT2D eigenvalue weighted by Gasteiger charge is 2.35. The Hall–Kier alpha value is -2.50. The maximum Gasteiger partial charge on any atom is 0.236 e. The van der Waals surface area contributed by atoms with Gasteiger partial charge in [0.25, 0.3) is 0 Å². The number of nitrogens with zero attached hydrogens (tertiary/aromatic N) is 6. The van der Waals surface area contributed by atoms with Gasteiger partial charge < -0.3 is 25.5 Å². The van der Waals surface area contributed by atoms with Crippen LogP contribution in [0.3, 0.4) is 0 Å². The number of anilines is 1. The standard InChI is InChI=1S/C29H42ClN7O3.ClH/c1-19(2)37(10-9-34(4)25(39)16-31)17-23(21-5-7-22(30)8-6-21)29(40)36-13-11-35(12-14-36)28-26-20(3)15-24(38)27(26)32-18-33-28;/h5-8,18-20,23-24,38H,9-17,31H2,1-4H3;1H/t20-,23?,24-;/m1./s1. The van der Waals surface area contributed by atoms with Crippen molar-refractivity contribution in [3.05, 3.63) is 52.4 Å². The molecule has 1 aromatic heterocycles. The lowest BCUT2D eigenvalue weighted by Crippen LogP contribution is -2.52. The second kappa shape index (κ2) is 14.6. The van der Waals surface area contributed by atoms with Gasteiger partial charge in [-0.2, -0.15) is 0 Å². The first-order valence-corrected chi connectivity index (χ1v) is 14.5. The van der Waals surface area contributed by atoms with Gasteiger partial charge >= 0.3 is 0 Å². The summed E-state index contributed by atoms with van der Waals surface area (Å²) in [7, 11) is 1.75. The average Bonchev–Trinajstić information content (AvgIpc) is 3.25. The van der Waals surface area contributed by atoms with Gasteiger partial charge in [-0.15, -0.1) is 12.4 Å². The van der Waals surface area contributed by atoms with Gasteiger partial charge in [-0.1, -0.05) is 30.7 Å². The van der Waals surface area contributed by atoms with Crippen LogP contribution in [0.2, 0.25) is 5.02 Å². The van der Waals surface area contributed by atoms with Crippen LogP contribution in [0.1, 0.15) is 62.0 Å². The molecule has 2 aromatic rings. The van der Waals surface area contributed by atoms with Crippen molar-refractivity contribution >= 4 is 41.6 Å². The lowest BCUT2D eigenvalue weighted by Gasteiger charge is -2.39. The van der Waals surface area contributed by atoms with Crippen LogP contribution >= 0.6 is 24.0 Å². The molecule has 0 bridgehead atoms. The van der Waals surface area contributed by atoms with Crippen molar-refractivity contribution in [3.8, 4) is 0 Å². The van der Waals surface area contributed by atoms with Crippen LogP contribution in [-0.2, 0) is 9.59 Å². The van der Waals surface area contributed by atoms with Crippen molar-refractivity contribution < 1.29 is 14.7 Å². The van der Waals surface area contributed by atoms with Crippen LogP contribution < -0.4 is 10.6 Å². The SMILES string of the molecule is CC(C)N(CCN(C)C(=O)CN)CC(C(=O)N1CCN(c2ncnc3c2[C@H](C)C[C@H]3O)CC1)c1ccc(Cl)cc1.Cl. The lowest BCUT2D eigenvalue weighted by atomic mass is 9.95. The average molecular weight is 609 g/mol. The van der Waals surface area contributed by atoms with Gasteiger partial charge in [-0.05, 0) is 43.9 Å². The third kappa shape index (κ3) is 7.67. The Morgan fingerprint density at radius 3 is 2.39 bits per heavy atom. The van der Waals surface area contributed by atoms with Crippen molar-refractivity contribution in [3.63, 3.8) is 0 Å². The van der Waals surface area contributed by atoms with Gasteiger partial charge in [0.2, 0.25) is 11.8 Å². The predicted octanol–water partition coefficient (Wildman–Crippen LogP) is 2.65. The van der Waals surface area contributed by atoms with Gasteiger partial charge in [0.1, 0.15) is 12.1 Å². The molecule has 3 atom stereocenters. The highest BCUT2D eigenvalue weighted by atomic mass is 35.5. The summed E-state index contributed by atoms with van der Waals surface area (Å²) in [6, 6.07) is 7.70. The van der Waals surface area contributed by atoms with Crippen LogP contribution in [0.4, 0.5) is 5.82 Å². The fourth-order valence-corrected chi connectivity index (χ4v) is 5.81. The summed E-state index contributed by atoms with van der Waals surface area (Å²) in [5, 5.41) is 11.0. The van der Waals surface area contributed by atoms with E-state index in [4.69, 9.17) is 17.3 Å². The number of aliphatic hydroxyl groups is 1. The number of rotatable bonds is 10. The topological polar surface area (TPSA) is 119 Å². The Balaban J connectivity index is 0.00000462. The van der Waals surface area contributed by atoms with E-state index in [1.54, 1.807) is 11.9 Å². The number of carbonyl (C=O) groups excluding carboxylic acids is 2. The number of nitrogens with two attached hydrogens (primary N) is 1. The smallest absolute Gasteiger partial charge is 0.236 e. The number of aromatic nitrogens is 2. The van der Waals surface area contributed by atoms with Gasteiger partial charge in [0.05, 0.1) is 24.3 Å². The van der Waals surface area contributed by atoms with Crippen LogP contribution in [0.15, 0.2) is 30.6 Å². The zero-order valence-electron chi connectivity index (χ0n) is 24.4. The number of benzene rings is 1. The number of aliphatic hydroxyl groups excluding tert-OH is 1. The van der Waals surface area contributed by atoms with Crippen molar-refractivity contribution in [2.24, 2.45) is 5.73 Å². The third-order valence-electron chi connectivity index (χ3n) is 8.21. The molecule has 41 heavy (non-hydrogen) atoms. The number of carbonyl (C=O) groups is 2. The van der Waals surface area contributed by atoms with Crippen molar-refractivity contribution in [1.29, 1.82) is 0 Å². The van der Waals surface area contributed by atoms with E-state index < -0.39 is 6.10 Å². The Morgan fingerprint density at radius 2 is 1.78 bits per heavy atom. The first-order valence-electron chi connectivity index (χ1n) is 14.1. The van der Waals surface area contributed by atoms with E-state index in [-0.39, 0.29) is 48.6 Å². The zero-order chi connectivity index (χ0) is 29.0. The highest BCUT2D eigenvalue weighted by Crippen LogP contribution is 2.42. The number of amides is 2. The quantitative estimate of drug-likeness (QED) is 0.423. The van der Waals surface area contributed by atoms with Gasteiger partial charge in [0.15, 0.2) is 0 Å². The normalized spacial score (nSPS) is 19.2. The minimum absolute atomic E-state index is 0. The number of halogens is 2. The molecule has 1 aliphatic carbocycles. The van der Waals surface area contributed by atoms with Crippen LogP contribution in [0.5, 0.6) is 0 Å². The van der Waals surface area contributed by atoms with E-state index in [1.807, 2.05) is 29.2 Å². The monoisotopic (exact) mass is 607 g/mol. The first-order chi connectivity index (χ1) is 19.1. The molecule has 4 rings (SSSR count). The minimum Gasteiger partial charge on any atom is -0.387 e. The fourth-order valence-electron chi connectivity index (χ4n) is 5.69. The van der Waals surface area contributed by atoms with Crippen molar-refractivity contribution in [2.45, 2.75) is 51.2 Å². The molecule has 0 radical (unpaired) electrons. The highest BCUT2D eigenvalue weighted by molar-refractivity contribution is 6.30. The van der Waals surface area contributed by atoms with Crippen LogP contribution in [0.25, 0.3) is 0 Å². The summed E-state index contributed by atoms with van der Waals surface area (Å²) in [4.78, 5) is 43.0. The van der Waals surface area contributed by atoms with E-state index in [0.29, 0.717) is 57.3 Å². The molecule has 10 nitrogen and oxygen atoms in total. The molecule has 3 N–H and O–H groups in total. The summed E-state index contributed by atoms with van der Waals surface area (Å²) < 4.78 is 0. The molecule has 12 heteroatoms. The molecular weight excluding hydrogens is 565 g/mol. The number of hydrogen-bond acceptors (Lipinski definition) is 8. The summed E-state index contributed by atoms with van der Waals surface area (Å²) in [5.74, 6) is 0.662. The van der Waals surface area contributed by atoms with E-state index in [0.717, 1.165) is 22.6 Å². The van der Waals surface area contributed by atoms with Crippen LogP contribution in [-0.4, -0.2) is 107 Å². The minimum atomic E-state index is -0.549. The maximum atomic E-state index is 14.1. The molecule has 1 unspecified atom stereocenters. The molecular formula is C29H43Cl2N7O3. The summed E-state index contributed by atoms with van der Waals surface area (Å²) >= 11 is 6.18. The Morgan fingerprint density at radius 1 is 1.12 bits per heavy atom. The third-order valence-corrected chi connectivity index (χ3v) is 8.46. The molecule has 2 heterocycles. The summed E-state index contributed by atoms with van der Waals surface area (Å²) in [6.45, 7) is 10.4. The maximum absolute atomic E-state index is 14.1. The molecule has 226 valence electrons. The summed E-state index contributed by atoms with van der Waals surface area (Å²) in [6.07, 6.45) is 1.64. The van der Waals surface area contributed by atoms with Gasteiger partial charge in [-0.3, -0.25) is 14.5 Å². The van der Waals surface area contributed by atoms with E-state index >= 15 is 0 Å². The van der Waals surface area contributed by atoms with Crippen molar-refractivity contribution in [1.82, 2.24) is 24.7 Å². The first kappa shape index (κ1) is 33.0. The Labute approximate surface area is 254 Å². The van der Waals surface area contributed by atoms with E-state index in [2.05, 4.69) is 40.5 Å². The molecule has 0 saturated carbocycles. The van der Waals surface area contributed by atoms with Gasteiger partial charge in [-0.25, -0.2) is 9.97 Å².